The van der Waals surface area contributed by atoms with Crippen LogP contribution in [0.15, 0.2) is 59.7 Å². The summed E-state index contributed by atoms with van der Waals surface area (Å²) in [4.78, 5) is 11.7. The number of nitrogens with one attached hydrogen (secondary N) is 2. The number of carbonyl (C=O) groups is 1. The van der Waals surface area contributed by atoms with Crippen molar-refractivity contribution in [1.82, 2.24) is 5.43 Å². The highest BCUT2D eigenvalue weighted by Crippen LogP contribution is 2.07. The van der Waals surface area contributed by atoms with E-state index >= 15 is 0 Å². The maximum absolute atomic E-state index is 11.7. The van der Waals surface area contributed by atoms with E-state index in [9.17, 15) is 4.79 Å². The van der Waals surface area contributed by atoms with E-state index in [4.69, 9.17) is 5.73 Å². The zero-order chi connectivity index (χ0) is 14.4. The summed E-state index contributed by atoms with van der Waals surface area (Å²) in [5, 5.41) is 6.71. The molecule has 0 bridgehead atoms. The molecule has 102 valence electrons. The Morgan fingerprint density at radius 3 is 2.55 bits per heavy atom. The summed E-state index contributed by atoms with van der Waals surface area (Å²) in [6.07, 6.45) is 0. The molecule has 5 heteroatoms. The molecule has 4 N–H and O–H groups in total. The first kappa shape index (κ1) is 13.6. The number of amides is 2. The average molecular weight is 268 g/mol. The Labute approximate surface area is 117 Å². The number of rotatable bonds is 3. The summed E-state index contributed by atoms with van der Waals surface area (Å²) in [5.74, 6) is 0. The Hall–Kier alpha value is -2.82. The highest BCUT2D eigenvalue weighted by Gasteiger charge is 2.01. The molecule has 2 aromatic carbocycles. The molecule has 0 fully saturated rings. The lowest BCUT2D eigenvalue weighted by atomic mass is 10.1. The number of para-hydroxylation sites is 1. The molecule has 0 spiro atoms. The molecule has 20 heavy (non-hydrogen) atoms. The average Bonchev–Trinajstić information content (AvgIpc) is 2.46. The van der Waals surface area contributed by atoms with Crippen molar-refractivity contribution in [1.29, 1.82) is 0 Å². The number of nitrogens with zero attached hydrogens (tertiary/aromatic N) is 1. The molecule has 0 unspecified atom stereocenters. The second kappa shape index (κ2) is 6.38. The van der Waals surface area contributed by atoms with Crippen LogP contribution in [0, 0.1) is 0 Å². The molecule has 0 aromatic heterocycles. The van der Waals surface area contributed by atoms with Crippen molar-refractivity contribution in [2.75, 3.05) is 11.1 Å². The second-order valence-corrected chi connectivity index (χ2v) is 4.25. The fraction of sp³-hybridized carbons (Fsp3) is 0.0667. The van der Waals surface area contributed by atoms with Gasteiger partial charge in [0.1, 0.15) is 0 Å². The first-order valence-corrected chi connectivity index (χ1v) is 6.17. The molecule has 2 aromatic rings. The molecule has 0 radical (unpaired) electrons. The highest BCUT2D eigenvalue weighted by molar-refractivity contribution is 6.00. The molecule has 0 atom stereocenters. The summed E-state index contributed by atoms with van der Waals surface area (Å²) < 4.78 is 0. The lowest BCUT2D eigenvalue weighted by molar-refractivity contribution is 0.252. The van der Waals surface area contributed by atoms with Gasteiger partial charge >= 0.3 is 6.03 Å². The maximum atomic E-state index is 11.7. The molecule has 0 saturated carbocycles. The quantitative estimate of drug-likeness (QED) is 0.454. The Morgan fingerprint density at radius 1 is 1.10 bits per heavy atom. The van der Waals surface area contributed by atoms with E-state index in [1.807, 2.05) is 30.3 Å². The molecule has 0 aliphatic carbocycles. The number of hydrogen-bond acceptors (Lipinski definition) is 3. The molecule has 5 nitrogen and oxygen atoms in total. The number of carbonyl (C=O) groups excluding carboxylic acids is 1. The van der Waals surface area contributed by atoms with Gasteiger partial charge in [0, 0.05) is 11.4 Å². The van der Waals surface area contributed by atoms with Crippen LogP contribution in [0.2, 0.25) is 0 Å². The van der Waals surface area contributed by atoms with Gasteiger partial charge in [-0.3, -0.25) is 0 Å². The van der Waals surface area contributed by atoms with Crippen LogP contribution in [0.3, 0.4) is 0 Å². The largest absolute Gasteiger partial charge is 0.399 e. The molecule has 0 saturated heterocycles. The summed E-state index contributed by atoms with van der Waals surface area (Å²) in [5.41, 5.74) is 11.1. The second-order valence-electron chi connectivity index (χ2n) is 4.25. The van der Waals surface area contributed by atoms with Crippen LogP contribution in [-0.4, -0.2) is 11.7 Å². The predicted molar refractivity (Wildman–Crippen MR) is 81.7 cm³/mol. The minimum absolute atomic E-state index is 0.389. The minimum atomic E-state index is -0.389. The van der Waals surface area contributed by atoms with Gasteiger partial charge in [0.2, 0.25) is 0 Å². The van der Waals surface area contributed by atoms with Crippen LogP contribution in [0.1, 0.15) is 12.5 Å². The van der Waals surface area contributed by atoms with Gasteiger partial charge < -0.3 is 11.1 Å². The molecular formula is C15H16N4O. The zero-order valence-electron chi connectivity index (χ0n) is 11.1. The molecule has 0 aliphatic rings. The van der Waals surface area contributed by atoms with Crippen molar-refractivity contribution in [3.05, 3.63) is 60.2 Å². The van der Waals surface area contributed by atoms with Crippen molar-refractivity contribution in [3.63, 3.8) is 0 Å². The van der Waals surface area contributed by atoms with Crippen molar-refractivity contribution in [3.8, 4) is 0 Å². The molecule has 2 rings (SSSR count). The number of anilines is 2. The van der Waals surface area contributed by atoms with Crippen LogP contribution in [0.5, 0.6) is 0 Å². The van der Waals surface area contributed by atoms with Crippen molar-refractivity contribution in [2.24, 2.45) is 5.10 Å². The van der Waals surface area contributed by atoms with Gasteiger partial charge in [0.25, 0.3) is 0 Å². The van der Waals surface area contributed by atoms with Crippen LogP contribution in [0.4, 0.5) is 16.2 Å². The smallest absolute Gasteiger partial charge is 0.339 e. The van der Waals surface area contributed by atoms with Gasteiger partial charge in [-0.1, -0.05) is 30.3 Å². The maximum Gasteiger partial charge on any atom is 0.339 e. The third kappa shape index (κ3) is 3.84. The summed E-state index contributed by atoms with van der Waals surface area (Å²) in [6.45, 7) is 1.80. The van der Waals surface area contributed by atoms with E-state index < -0.39 is 0 Å². The topological polar surface area (TPSA) is 79.5 Å². The zero-order valence-corrected chi connectivity index (χ0v) is 11.1. The first-order chi connectivity index (χ1) is 9.65. The number of hydrogen-bond donors (Lipinski definition) is 3. The number of urea groups is 1. The summed E-state index contributed by atoms with van der Waals surface area (Å²) in [7, 11) is 0. The van der Waals surface area contributed by atoms with E-state index in [2.05, 4.69) is 15.8 Å². The molecule has 0 heterocycles. The van der Waals surface area contributed by atoms with E-state index in [0.29, 0.717) is 17.1 Å². The number of nitrogens with two attached hydrogens (primary N) is 1. The fourth-order valence-corrected chi connectivity index (χ4v) is 1.64. The normalized spacial score (nSPS) is 10.9. The standard InChI is InChI=1S/C15H16N4O/c1-11(12-6-5-7-13(16)10-12)18-19-15(20)17-14-8-3-2-4-9-14/h2-10H,16H2,1H3,(H2,17,19,20)/b18-11+. The number of benzene rings is 2. The lowest BCUT2D eigenvalue weighted by Crippen LogP contribution is -2.25. The summed E-state index contributed by atoms with van der Waals surface area (Å²) in [6, 6.07) is 16.1. The first-order valence-electron chi connectivity index (χ1n) is 6.17. The molecular weight excluding hydrogens is 252 g/mol. The van der Waals surface area contributed by atoms with Gasteiger partial charge in [-0.15, -0.1) is 0 Å². The van der Waals surface area contributed by atoms with E-state index in [1.165, 1.54) is 0 Å². The Bertz CT molecular complexity index is 623. The van der Waals surface area contributed by atoms with E-state index in [0.717, 1.165) is 5.56 Å². The predicted octanol–water partition coefficient (Wildman–Crippen LogP) is 2.81. The highest BCUT2D eigenvalue weighted by atomic mass is 16.2. The van der Waals surface area contributed by atoms with Crippen molar-refractivity contribution >= 4 is 23.1 Å². The van der Waals surface area contributed by atoms with Gasteiger partial charge in [-0.25, -0.2) is 10.2 Å². The van der Waals surface area contributed by atoms with Gasteiger partial charge in [0.05, 0.1) is 5.71 Å². The van der Waals surface area contributed by atoms with E-state index in [-0.39, 0.29) is 6.03 Å². The number of nitrogen functional groups attached to an aromatic ring is 1. The lowest BCUT2D eigenvalue weighted by Gasteiger charge is -2.05. The van der Waals surface area contributed by atoms with Crippen LogP contribution in [0.25, 0.3) is 0 Å². The van der Waals surface area contributed by atoms with Crippen LogP contribution in [-0.2, 0) is 0 Å². The van der Waals surface area contributed by atoms with Crippen LogP contribution < -0.4 is 16.5 Å². The van der Waals surface area contributed by atoms with Crippen LogP contribution >= 0.6 is 0 Å². The third-order valence-electron chi connectivity index (χ3n) is 2.66. The van der Waals surface area contributed by atoms with Gasteiger partial charge in [0.15, 0.2) is 0 Å². The Balaban J connectivity index is 1.97. The molecule has 2 amide bonds. The number of hydrazone groups is 1. The van der Waals surface area contributed by atoms with Gasteiger partial charge in [-0.05, 0) is 36.8 Å². The Kier molecular flexibility index (Phi) is 4.34. The van der Waals surface area contributed by atoms with Gasteiger partial charge in [-0.2, -0.15) is 5.10 Å². The Morgan fingerprint density at radius 2 is 1.85 bits per heavy atom. The fourth-order valence-electron chi connectivity index (χ4n) is 1.64. The summed E-state index contributed by atoms with van der Waals surface area (Å²) >= 11 is 0. The van der Waals surface area contributed by atoms with E-state index in [1.54, 1.807) is 31.2 Å². The van der Waals surface area contributed by atoms with Crippen molar-refractivity contribution in [2.45, 2.75) is 6.92 Å². The third-order valence-corrected chi connectivity index (χ3v) is 2.66. The minimum Gasteiger partial charge on any atom is -0.399 e. The SMILES string of the molecule is C/C(=N\NC(=O)Nc1ccccc1)c1cccc(N)c1. The monoisotopic (exact) mass is 268 g/mol. The molecule has 0 aliphatic heterocycles. The van der Waals surface area contributed by atoms with Crippen molar-refractivity contribution < 1.29 is 4.79 Å².